The van der Waals surface area contributed by atoms with Crippen molar-refractivity contribution >= 4 is 17.3 Å². The molecule has 0 atom stereocenters. The highest BCUT2D eigenvalue weighted by Crippen LogP contribution is 2.39. The Morgan fingerprint density at radius 3 is 2.74 bits per heavy atom. The van der Waals surface area contributed by atoms with Crippen molar-refractivity contribution in [3.63, 3.8) is 0 Å². The molecule has 7 nitrogen and oxygen atoms in total. The minimum atomic E-state index is -0.579. The van der Waals surface area contributed by atoms with E-state index in [4.69, 9.17) is 4.74 Å². The topological polar surface area (TPSA) is 105 Å². The molecule has 7 heteroatoms. The van der Waals surface area contributed by atoms with Gasteiger partial charge in [-0.05, 0) is 25.8 Å². The number of ether oxygens (including phenoxy) is 1. The third-order valence-corrected chi connectivity index (χ3v) is 4.22. The Bertz CT molecular complexity index is 645. The number of rotatable bonds is 6. The Balaban J connectivity index is 2.17. The standard InChI is InChI=1S/C16H19N3O4/c1-2-23-15(20)16(7-3-4-8-16)11-18-14-6-5-13(19(21)22)9-12(14)10-17/h5-6,9,18H,2-4,7-8,11H2,1H3. The molecule has 0 aliphatic heterocycles. The molecule has 2 rings (SSSR count). The van der Waals surface area contributed by atoms with Crippen LogP contribution in [0.4, 0.5) is 11.4 Å². The first kappa shape index (κ1) is 16.7. The number of hydrogen-bond donors (Lipinski definition) is 1. The lowest BCUT2D eigenvalue weighted by Crippen LogP contribution is -2.37. The van der Waals surface area contributed by atoms with Crippen LogP contribution in [-0.2, 0) is 9.53 Å². The Hall–Kier alpha value is -2.62. The normalized spacial score (nSPS) is 15.7. The van der Waals surface area contributed by atoms with Crippen molar-refractivity contribution in [3.8, 4) is 6.07 Å². The lowest BCUT2D eigenvalue weighted by molar-refractivity contribution is -0.384. The number of nitriles is 1. The number of anilines is 1. The van der Waals surface area contributed by atoms with Crippen LogP contribution in [0.2, 0.25) is 0 Å². The van der Waals surface area contributed by atoms with Crippen LogP contribution in [0.1, 0.15) is 38.2 Å². The Kier molecular flexibility index (Phi) is 5.16. The van der Waals surface area contributed by atoms with E-state index < -0.39 is 10.3 Å². The van der Waals surface area contributed by atoms with Crippen molar-refractivity contribution in [2.45, 2.75) is 32.6 Å². The lowest BCUT2D eigenvalue weighted by Gasteiger charge is -2.27. The highest BCUT2D eigenvalue weighted by Gasteiger charge is 2.42. The molecular formula is C16H19N3O4. The van der Waals surface area contributed by atoms with Crippen LogP contribution in [0.3, 0.4) is 0 Å². The van der Waals surface area contributed by atoms with Crippen LogP contribution in [0.5, 0.6) is 0 Å². The second kappa shape index (κ2) is 7.09. The number of esters is 1. The number of non-ortho nitro benzene ring substituents is 1. The summed E-state index contributed by atoms with van der Waals surface area (Å²) in [6.07, 6.45) is 3.42. The molecule has 1 saturated carbocycles. The predicted molar refractivity (Wildman–Crippen MR) is 83.8 cm³/mol. The third kappa shape index (κ3) is 3.59. The van der Waals surface area contributed by atoms with Gasteiger partial charge in [-0.3, -0.25) is 14.9 Å². The first-order valence-corrected chi connectivity index (χ1v) is 7.62. The number of hydrogen-bond acceptors (Lipinski definition) is 6. The number of nitro groups is 1. The smallest absolute Gasteiger partial charge is 0.313 e. The quantitative estimate of drug-likeness (QED) is 0.491. The van der Waals surface area contributed by atoms with Gasteiger partial charge in [0.15, 0.2) is 0 Å². The molecule has 23 heavy (non-hydrogen) atoms. The van der Waals surface area contributed by atoms with Crippen LogP contribution in [-0.4, -0.2) is 24.0 Å². The summed E-state index contributed by atoms with van der Waals surface area (Å²) >= 11 is 0. The molecule has 1 fully saturated rings. The van der Waals surface area contributed by atoms with Crippen molar-refractivity contribution in [2.75, 3.05) is 18.5 Å². The molecule has 1 aliphatic carbocycles. The molecule has 122 valence electrons. The van der Waals surface area contributed by atoms with Gasteiger partial charge in [-0.15, -0.1) is 0 Å². The average molecular weight is 317 g/mol. The fourth-order valence-corrected chi connectivity index (χ4v) is 2.95. The summed E-state index contributed by atoms with van der Waals surface area (Å²) in [5.41, 5.74) is -0.0252. The van der Waals surface area contributed by atoms with Crippen LogP contribution in [0.25, 0.3) is 0 Å². The highest BCUT2D eigenvalue weighted by molar-refractivity contribution is 5.78. The Morgan fingerprint density at radius 2 is 2.17 bits per heavy atom. The van der Waals surface area contributed by atoms with Gasteiger partial charge >= 0.3 is 5.97 Å². The van der Waals surface area contributed by atoms with E-state index >= 15 is 0 Å². The maximum atomic E-state index is 12.3. The van der Waals surface area contributed by atoms with Gasteiger partial charge in [0.05, 0.1) is 28.2 Å². The van der Waals surface area contributed by atoms with Crippen molar-refractivity contribution in [2.24, 2.45) is 5.41 Å². The molecule has 0 radical (unpaired) electrons. The SMILES string of the molecule is CCOC(=O)C1(CNc2ccc([N+](=O)[O-])cc2C#N)CCCC1. The van der Waals surface area contributed by atoms with E-state index in [1.807, 2.05) is 6.07 Å². The molecule has 0 amide bonds. The van der Waals surface area contributed by atoms with Gasteiger partial charge in [-0.1, -0.05) is 12.8 Å². The molecule has 0 spiro atoms. The van der Waals surface area contributed by atoms with Crippen molar-refractivity contribution < 1.29 is 14.5 Å². The molecule has 1 aromatic carbocycles. The Morgan fingerprint density at radius 1 is 1.48 bits per heavy atom. The van der Waals surface area contributed by atoms with E-state index in [1.54, 1.807) is 6.92 Å². The van der Waals surface area contributed by atoms with Crippen molar-refractivity contribution in [1.82, 2.24) is 0 Å². The van der Waals surface area contributed by atoms with E-state index in [-0.39, 0.29) is 17.2 Å². The molecule has 0 bridgehead atoms. The van der Waals surface area contributed by atoms with Crippen molar-refractivity contribution in [1.29, 1.82) is 5.26 Å². The Labute approximate surface area is 134 Å². The van der Waals surface area contributed by atoms with Gasteiger partial charge in [0.2, 0.25) is 0 Å². The molecule has 1 N–H and O–H groups in total. The molecule has 0 aromatic heterocycles. The van der Waals surface area contributed by atoms with Crippen LogP contribution < -0.4 is 5.32 Å². The maximum Gasteiger partial charge on any atom is 0.313 e. The summed E-state index contributed by atoms with van der Waals surface area (Å²) in [6.45, 7) is 2.47. The van der Waals surface area contributed by atoms with Crippen LogP contribution in [0, 0.1) is 26.9 Å². The predicted octanol–water partition coefficient (Wildman–Crippen LogP) is 3.00. The minimum absolute atomic E-state index is 0.131. The summed E-state index contributed by atoms with van der Waals surface area (Å²) in [5.74, 6) is -0.217. The van der Waals surface area contributed by atoms with Gasteiger partial charge in [-0.2, -0.15) is 5.26 Å². The van der Waals surface area contributed by atoms with Gasteiger partial charge < -0.3 is 10.1 Å². The number of carbonyl (C=O) groups excluding carboxylic acids is 1. The number of nitrogens with one attached hydrogen (secondary N) is 1. The van der Waals surface area contributed by atoms with E-state index in [2.05, 4.69) is 5.32 Å². The monoisotopic (exact) mass is 317 g/mol. The molecule has 1 aliphatic rings. The summed E-state index contributed by atoms with van der Waals surface area (Å²) in [7, 11) is 0. The zero-order chi connectivity index (χ0) is 16.9. The van der Waals surface area contributed by atoms with E-state index in [0.29, 0.717) is 18.8 Å². The van der Waals surface area contributed by atoms with Gasteiger partial charge in [-0.25, -0.2) is 0 Å². The van der Waals surface area contributed by atoms with Gasteiger partial charge in [0, 0.05) is 18.7 Å². The number of nitro benzene ring substituents is 1. The maximum absolute atomic E-state index is 12.3. The minimum Gasteiger partial charge on any atom is -0.466 e. The van der Waals surface area contributed by atoms with Gasteiger partial charge in [0.1, 0.15) is 6.07 Å². The largest absolute Gasteiger partial charge is 0.466 e. The molecular weight excluding hydrogens is 298 g/mol. The number of benzene rings is 1. The molecule has 0 heterocycles. The highest BCUT2D eigenvalue weighted by atomic mass is 16.6. The second-order valence-electron chi connectivity index (χ2n) is 5.66. The first-order chi connectivity index (χ1) is 11.0. The second-order valence-corrected chi connectivity index (χ2v) is 5.66. The fourth-order valence-electron chi connectivity index (χ4n) is 2.95. The van der Waals surface area contributed by atoms with Crippen LogP contribution in [0.15, 0.2) is 18.2 Å². The average Bonchev–Trinajstić information content (AvgIpc) is 3.03. The third-order valence-electron chi connectivity index (χ3n) is 4.22. The summed E-state index contributed by atoms with van der Waals surface area (Å²) < 4.78 is 5.19. The lowest BCUT2D eigenvalue weighted by atomic mass is 9.86. The summed E-state index contributed by atoms with van der Waals surface area (Å²) in [5, 5.41) is 23.1. The summed E-state index contributed by atoms with van der Waals surface area (Å²) in [6, 6.07) is 6.03. The fraction of sp³-hybridized carbons (Fsp3) is 0.500. The zero-order valence-corrected chi connectivity index (χ0v) is 13.0. The van der Waals surface area contributed by atoms with Crippen molar-refractivity contribution in [3.05, 3.63) is 33.9 Å². The molecule has 0 unspecified atom stereocenters. The summed E-state index contributed by atoms with van der Waals surface area (Å²) in [4.78, 5) is 22.5. The van der Waals surface area contributed by atoms with E-state index in [0.717, 1.165) is 25.7 Å². The van der Waals surface area contributed by atoms with E-state index in [9.17, 15) is 20.2 Å². The molecule has 1 aromatic rings. The first-order valence-electron chi connectivity index (χ1n) is 7.62. The van der Waals surface area contributed by atoms with Gasteiger partial charge in [0.25, 0.3) is 5.69 Å². The zero-order valence-electron chi connectivity index (χ0n) is 13.0. The number of carbonyl (C=O) groups is 1. The molecule has 0 saturated heterocycles. The van der Waals surface area contributed by atoms with E-state index in [1.165, 1.54) is 18.2 Å². The van der Waals surface area contributed by atoms with Crippen LogP contribution >= 0.6 is 0 Å². The number of nitrogens with zero attached hydrogens (tertiary/aromatic N) is 2.